The van der Waals surface area contributed by atoms with E-state index in [-0.39, 0.29) is 37.1 Å². The molecule has 0 radical (unpaired) electrons. The Hall–Kier alpha value is -1.89. The second-order valence-electron chi connectivity index (χ2n) is 7.78. The van der Waals surface area contributed by atoms with Crippen LogP contribution < -0.4 is 4.74 Å². The zero-order valence-corrected chi connectivity index (χ0v) is 16.0. The van der Waals surface area contributed by atoms with Crippen molar-refractivity contribution in [1.29, 1.82) is 0 Å². The molecule has 1 aliphatic carbocycles. The SMILES string of the molecule is O=C(O)CCC[C@H]1CC[C@@H]2[C@@H](C=C[C@@H](O)COc3ccccc3)[C@H](O)C[C@@H]2O1. The van der Waals surface area contributed by atoms with Crippen LogP contribution in [0.15, 0.2) is 42.5 Å². The fourth-order valence-electron chi connectivity index (χ4n) is 4.31. The van der Waals surface area contributed by atoms with E-state index >= 15 is 0 Å². The fourth-order valence-corrected chi connectivity index (χ4v) is 4.31. The molecule has 1 aromatic carbocycles. The Morgan fingerprint density at radius 1 is 1.29 bits per heavy atom. The summed E-state index contributed by atoms with van der Waals surface area (Å²) in [6, 6.07) is 9.35. The first-order chi connectivity index (χ1) is 13.5. The van der Waals surface area contributed by atoms with Crippen LogP contribution in [0.2, 0.25) is 0 Å². The standard InChI is InChI=1S/C22H30O6/c23-15(14-27-16-5-2-1-3-6-16)9-11-18-19-12-10-17(7-4-8-22(25)26)28-21(19)13-20(18)24/h1-3,5-6,9,11,15,17-21,23-24H,4,7-8,10,12-14H2,(H,25,26)/t15-,17+,18-,19-,20-,21+/m1/s1. The molecule has 6 atom stereocenters. The lowest BCUT2D eigenvalue weighted by Gasteiger charge is -2.34. The minimum absolute atomic E-state index is 0.00550. The highest BCUT2D eigenvalue weighted by molar-refractivity contribution is 5.66. The van der Waals surface area contributed by atoms with Crippen molar-refractivity contribution >= 4 is 5.97 Å². The van der Waals surface area contributed by atoms with Gasteiger partial charge in [-0.1, -0.05) is 30.4 Å². The summed E-state index contributed by atoms with van der Waals surface area (Å²) in [5.74, 6) is 0.149. The van der Waals surface area contributed by atoms with Gasteiger partial charge in [0.1, 0.15) is 18.5 Å². The quantitative estimate of drug-likeness (QED) is 0.561. The van der Waals surface area contributed by atoms with Gasteiger partial charge in [-0.2, -0.15) is 0 Å². The molecule has 1 aromatic rings. The highest BCUT2D eigenvalue weighted by Gasteiger charge is 2.45. The molecular weight excluding hydrogens is 360 g/mol. The van der Waals surface area contributed by atoms with Gasteiger partial charge in [0, 0.05) is 18.8 Å². The number of ether oxygens (including phenoxy) is 2. The third kappa shape index (κ3) is 5.80. The zero-order chi connectivity index (χ0) is 19.9. The van der Waals surface area contributed by atoms with Crippen molar-refractivity contribution in [2.45, 2.75) is 62.9 Å². The minimum Gasteiger partial charge on any atom is -0.491 e. The molecule has 28 heavy (non-hydrogen) atoms. The Morgan fingerprint density at radius 3 is 2.82 bits per heavy atom. The Balaban J connectivity index is 1.46. The molecule has 1 saturated heterocycles. The Bertz CT molecular complexity index is 646. The first kappa shape index (κ1) is 20.8. The largest absolute Gasteiger partial charge is 0.491 e. The Labute approximate surface area is 165 Å². The number of carbonyl (C=O) groups is 1. The van der Waals surface area contributed by atoms with Crippen molar-refractivity contribution in [3.63, 3.8) is 0 Å². The average molecular weight is 390 g/mol. The van der Waals surface area contributed by atoms with Gasteiger partial charge in [0.2, 0.25) is 0 Å². The summed E-state index contributed by atoms with van der Waals surface area (Å²) in [6.07, 6.45) is 6.45. The highest BCUT2D eigenvalue weighted by Crippen LogP contribution is 2.43. The summed E-state index contributed by atoms with van der Waals surface area (Å²) in [5.41, 5.74) is 0. The minimum atomic E-state index is -0.773. The summed E-state index contributed by atoms with van der Waals surface area (Å²) in [4.78, 5) is 10.7. The molecule has 6 heteroatoms. The van der Waals surface area contributed by atoms with Crippen LogP contribution >= 0.6 is 0 Å². The van der Waals surface area contributed by atoms with Gasteiger partial charge in [-0.05, 0) is 43.7 Å². The molecule has 2 aliphatic rings. The average Bonchev–Trinajstić information content (AvgIpc) is 2.99. The number of aliphatic hydroxyl groups is 2. The number of hydrogen-bond acceptors (Lipinski definition) is 5. The van der Waals surface area contributed by atoms with Crippen molar-refractivity contribution in [2.75, 3.05) is 6.61 Å². The molecule has 154 valence electrons. The van der Waals surface area contributed by atoms with Crippen LogP contribution in [0.4, 0.5) is 0 Å². The van der Waals surface area contributed by atoms with Crippen molar-refractivity contribution in [1.82, 2.24) is 0 Å². The predicted molar refractivity (Wildman–Crippen MR) is 104 cm³/mol. The van der Waals surface area contributed by atoms with E-state index < -0.39 is 18.2 Å². The molecule has 1 saturated carbocycles. The lowest BCUT2D eigenvalue weighted by molar-refractivity contribution is -0.137. The number of para-hydroxylation sites is 1. The van der Waals surface area contributed by atoms with Gasteiger partial charge in [-0.15, -0.1) is 0 Å². The zero-order valence-electron chi connectivity index (χ0n) is 16.0. The number of rotatable bonds is 9. The topological polar surface area (TPSA) is 96.2 Å². The lowest BCUT2D eigenvalue weighted by Crippen LogP contribution is -2.33. The van der Waals surface area contributed by atoms with Crippen molar-refractivity contribution in [2.24, 2.45) is 11.8 Å². The first-order valence-electron chi connectivity index (χ1n) is 10.1. The lowest BCUT2D eigenvalue weighted by atomic mass is 9.85. The maximum absolute atomic E-state index is 10.7. The monoisotopic (exact) mass is 390 g/mol. The fraction of sp³-hybridized carbons (Fsp3) is 0.591. The summed E-state index contributed by atoms with van der Waals surface area (Å²) in [6.45, 7) is 0.166. The predicted octanol–water partition coefficient (Wildman–Crippen LogP) is 2.78. The van der Waals surface area contributed by atoms with Crippen molar-refractivity contribution in [3.8, 4) is 5.75 Å². The third-order valence-corrected chi connectivity index (χ3v) is 5.72. The molecule has 3 N–H and O–H groups in total. The summed E-state index contributed by atoms with van der Waals surface area (Å²) < 4.78 is 11.7. The van der Waals surface area contributed by atoms with Crippen LogP contribution in [0.25, 0.3) is 0 Å². The van der Waals surface area contributed by atoms with E-state index in [1.807, 2.05) is 36.4 Å². The molecule has 0 aromatic heterocycles. The number of carboxylic acid groups (broad SMARTS) is 1. The van der Waals surface area contributed by atoms with Gasteiger partial charge in [0.05, 0.1) is 18.3 Å². The van der Waals surface area contributed by atoms with Crippen molar-refractivity contribution in [3.05, 3.63) is 42.5 Å². The number of fused-ring (bicyclic) bond motifs is 1. The summed E-state index contributed by atoms with van der Waals surface area (Å²) >= 11 is 0. The molecule has 2 fully saturated rings. The molecule has 0 spiro atoms. The van der Waals surface area contributed by atoms with E-state index in [2.05, 4.69) is 0 Å². The van der Waals surface area contributed by atoms with Gasteiger partial charge >= 0.3 is 5.97 Å². The molecule has 0 amide bonds. The highest BCUT2D eigenvalue weighted by atomic mass is 16.5. The van der Waals surface area contributed by atoms with E-state index in [4.69, 9.17) is 14.6 Å². The van der Waals surface area contributed by atoms with Gasteiger partial charge < -0.3 is 24.8 Å². The van der Waals surface area contributed by atoms with Gasteiger partial charge in [0.25, 0.3) is 0 Å². The van der Waals surface area contributed by atoms with Crippen LogP contribution in [0.3, 0.4) is 0 Å². The molecule has 1 heterocycles. The maximum Gasteiger partial charge on any atom is 0.303 e. The van der Waals surface area contributed by atoms with Crippen molar-refractivity contribution < 1.29 is 29.6 Å². The molecule has 1 aliphatic heterocycles. The maximum atomic E-state index is 10.7. The number of benzene rings is 1. The van der Waals surface area contributed by atoms with Gasteiger partial charge in [0.15, 0.2) is 0 Å². The molecular formula is C22H30O6. The summed E-state index contributed by atoms with van der Waals surface area (Å²) in [7, 11) is 0. The Kier molecular flexibility index (Phi) is 7.48. The van der Waals surface area contributed by atoms with Crippen LogP contribution in [0.1, 0.15) is 38.5 Å². The van der Waals surface area contributed by atoms with Crippen LogP contribution in [0.5, 0.6) is 5.75 Å². The first-order valence-corrected chi connectivity index (χ1v) is 10.1. The van der Waals surface area contributed by atoms with Crippen LogP contribution in [-0.4, -0.2) is 52.3 Å². The second kappa shape index (κ2) is 10.0. The summed E-state index contributed by atoms with van der Waals surface area (Å²) in [5, 5.41) is 29.4. The van der Waals surface area contributed by atoms with Crippen LogP contribution in [-0.2, 0) is 9.53 Å². The normalized spacial score (nSPS) is 30.9. The number of aliphatic hydroxyl groups excluding tert-OH is 2. The molecule has 0 unspecified atom stereocenters. The van der Waals surface area contributed by atoms with Gasteiger partial charge in [-0.3, -0.25) is 4.79 Å². The van der Waals surface area contributed by atoms with E-state index in [9.17, 15) is 15.0 Å². The van der Waals surface area contributed by atoms with Gasteiger partial charge in [-0.25, -0.2) is 0 Å². The van der Waals surface area contributed by atoms with E-state index in [1.165, 1.54) is 0 Å². The molecule has 6 nitrogen and oxygen atoms in total. The number of hydrogen-bond donors (Lipinski definition) is 3. The Morgan fingerprint density at radius 2 is 2.07 bits per heavy atom. The third-order valence-electron chi connectivity index (χ3n) is 5.72. The number of carboxylic acids is 1. The smallest absolute Gasteiger partial charge is 0.303 e. The number of aliphatic carboxylic acids is 1. The molecule has 0 bridgehead atoms. The van der Waals surface area contributed by atoms with E-state index in [0.717, 1.165) is 19.3 Å². The second-order valence-corrected chi connectivity index (χ2v) is 7.78. The molecule has 3 rings (SSSR count). The van der Waals surface area contributed by atoms with E-state index in [1.54, 1.807) is 6.08 Å². The van der Waals surface area contributed by atoms with Crippen LogP contribution in [0, 0.1) is 11.8 Å². The van der Waals surface area contributed by atoms with E-state index in [0.29, 0.717) is 18.6 Å².